The lowest BCUT2D eigenvalue weighted by Gasteiger charge is -1.95. The molecule has 1 aromatic heterocycles. The maximum absolute atomic E-state index is 8.59. The van der Waals surface area contributed by atoms with Gasteiger partial charge in [-0.3, -0.25) is 0 Å². The van der Waals surface area contributed by atoms with E-state index >= 15 is 0 Å². The number of hydrogen-bond donors (Lipinski definition) is 0. The van der Waals surface area contributed by atoms with Gasteiger partial charge in [-0.1, -0.05) is 11.6 Å². The van der Waals surface area contributed by atoms with Gasteiger partial charge in [0.15, 0.2) is 0 Å². The second-order valence-corrected chi connectivity index (χ2v) is 5.19. The van der Waals surface area contributed by atoms with Gasteiger partial charge < -0.3 is 0 Å². The SMILES string of the molecule is N#CCc1cc2c(Br)c(Cl)ccc2s1. The molecule has 1 nitrogen and oxygen atoms in total. The fourth-order valence-electron chi connectivity index (χ4n) is 1.27. The molecule has 0 aliphatic heterocycles. The Morgan fingerprint density at radius 2 is 2.29 bits per heavy atom. The first-order valence-electron chi connectivity index (χ1n) is 3.95. The topological polar surface area (TPSA) is 23.8 Å². The quantitative estimate of drug-likeness (QED) is 0.763. The van der Waals surface area contributed by atoms with Crippen LogP contribution in [0.25, 0.3) is 10.1 Å². The van der Waals surface area contributed by atoms with Gasteiger partial charge in [0.25, 0.3) is 0 Å². The summed E-state index contributed by atoms with van der Waals surface area (Å²) >= 11 is 11.0. The molecule has 70 valence electrons. The van der Waals surface area contributed by atoms with Crippen molar-refractivity contribution in [2.75, 3.05) is 0 Å². The van der Waals surface area contributed by atoms with Crippen molar-refractivity contribution in [2.45, 2.75) is 6.42 Å². The molecule has 1 heterocycles. The lowest BCUT2D eigenvalue weighted by atomic mass is 10.2. The van der Waals surface area contributed by atoms with E-state index in [1.807, 2.05) is 18.2 Å². The molecule has 0 N–H and O–H groups in total. The van der Waals surface area contributed by atoms with Crippen LogP contribution in [0, 0.1) is 11.3 Å². The molecule has 0 bridgehead atoms. The van der Waals surface area contributed by atoms with Crippen LogP contribution in [0.2, 0.25) is 5.02 Å². The number of nitrogens with zero attached hydrogens (tertiary/aromatic N) is 1. The highest BCUT2D eigenvalue weighted by Crippen LogP contribution is 2.35. The standard InChI is InChI=1S/C10H5BrClNS/c11-10-7-5-6(3-4-13)14-9(7)2-1-8(10)12/h1-2,5H,3H2. The monoisotopic (exact) mass is 285 g/mol. The van der Waals surface area contributed by atoms with Crippen molar-refractivity contribution in [2.24, 2.45) is 0 Å². The van der Waals surface area contributed by atoms with E-state index in [-0.39, 0.29) is 0 Å². The minimum Gasteiger partial charge on any atom is -0.198 e. The average Bonchev–Trinajstić information content (AvgIpc) is 2.56. The van der Waals surface area contributed by atoms with Crippen molar-refractivity contribution in [3.05, 3.63) is 32.6 Å². The normalized spacial score (nSPS) is 10.4. The zero-order valence-electron chi connectivity index (χ0n) is 7.05. The summed E-state index contributed by atoms with van der Waals surface area (Å²) in [6, 6.07) is 8.00. The molecule has 2 rings (SSSR count). The fourth-order valence-corrected chi connectivity index (χ4v) is 3.03. The predicted octanol–water partition coefficient (Wildman–Crippen LogP) is 4.38. The van der Waals surface area contributed by atoms with Crippen LogP contribution in [0.4, 0.5) is 0 Å². The van der Waals surface area contributed by atoms with Gasteiger partial charge >= 0.3 is 0 Å². The third-order valence-electron chi connectivity index (χ3n) is 1.89. The molecule has 1 aromatic carbocycles. The molecule has 0 aliphatic rings. The van der Waals surface area contributed by atoms with Crippen molar-refractivity contribution >= 4 is 49.0 Å². The zero-order valence-corrected chi connectivity index (χ0v) is 10.2. The number of fused-ring (bicyclic) bond motifs is 1. The minimum absolute atomic E-state index is 0.462. The highest BCUT2D eigenvalue weighted by atomic mass is 79.9. The first-order chi connectivity index (χ1) is 6.72. The maximum Gasteiger partial charge on any atom is 0.0696 e. The Hall–Kier alpha value is -0.560. The van der Waals surface area contributed by atoms with Crippen LogP contribution < -0.4 is 0 Å². The van der Waals surface area contributed by atoms with Crippen LogP contribution in [-0.2, 0) is 6.42 Å². The highest BCUT2D eigenvalue weighted by molar-refractivity contribution is 9.10. The summed E-state index contributed by atoms with van der Waals surface area (Å²) in [5.41, 5.74) is 0. The minimum atomic E-state index is 0.462. The van der Waals surface area contributed by atoms with Crippen LogP contribution in [0.1, 0.15) is 4.88 Å². The molecular formula is C10H5BrClNS. The molecular weight excluding hydrogens is 282 g/mol. The van der Waals surface area contributed by atoms with Crippen molar-refractivity contribution < 1.29 is 0 Å². The Labute approximate surface area is 99.0 Å². The summed E-state index contributed by atoms with van der Waals surface area (Å²) in [6.45, 7) is 0. The molecule has 0 fully saturated rings. The van der Waals surface area contributed by atoms with Crippen molar-refractivity contribution in [1.82, 2.24) is 0 Å². The Morgan fingerprint density at radius 3 is 3.00 bits per heavy atom. The molecule has 0 amide bonds. The van der Waals surface area contributed by atoms with Crippen LogP contribution in [0.15, 0.2) is 22.7 Å². The third-order valence-corrected chi connectivity index (χ3v) is 4.39. The average molecular weight is 287 g/mol. The zero-order chi connectivity index (χ0) is 10.1. The Bertz CT molecular complexity index is 527. The first kappa shape index (κ1) is 9.97. The van der Waals surface area contributed by atoms with Gasteiger partial charge in [-0.15, -0.1) is 11.3 Å². The van der Waals surface area contributed by atoms with Gasteiger partial charge in [0.05, 0.1) is 17.5 Å². The van der Waals surface area contributed by atoms with E-state index in [0.29, 0.717) is 11.4 Å². The maximum atomic E-state index is 8.59. The Morgan fingerprint density at radius 1 is 1.50 bits per heavy atom. The summed E-state index contributed by atoms with van der Waals surface area (Å²) in [7, 11) is 0. The number of thiophene rings is 1. The smallest absolute Gasteiger partial charge is 0.0696 e. The van der Waals surface area contributed by atoms with E-state index in [2.05, 4.69) is 22.0 Å². The predicted molar refractivity (Wildman–Crippen MR) is 63.9 cm³/mol. The van der Waals surface area contributed by atoms with Gasteiger partial charge in [-0.05, 0) is 34.1 Å². The van der Waals surface area contributed by atoms with Gasteiger partial charge in [0.1, 0.15) is 0 Å². The summed E-state index contributed by atoms with van der Waals surface area (Å²) in [4.78, 5) is 1.07. The van der Waals surface area contributed by atoms with Crippen LogP contribution in [-0.4, -0.2) is 0 Å². The molecule has 0 radical (unpaired) electrons. The number of halogens is 2. The molecule has 0 unspecified atom stereocenters. The second-order valence-electron chi connectivity index (χ2n) is 2.82. The van der Waals surface area contributed by atoms with E-state index < -0.39 is 0 Å². The van der Waals surface area contributed by atoms with E-state index in [4.69, 9.17) is 16.9 Å². The number of rotatable bonds is 1. The lowest BCUT2D eigenvalue weighted by Crippen LogP contribution is -1.70. The summed E-state index contributed by atoms with van der Waals surface area (Å²) in [5, 5.41) is 10.4. The van der Waals surface area contributed by atoms with Crippen LogP contribution >= 0.6 is 38.9 Å². The summed E-state index contributed by atoms with van der Waals surface area (Å²) in [5.74, 6) is 0. The summed E-state index contributed by atoms with van der Waals surface area (Å²) < 4.78 is 2.07. The highest BCUT2D eigenvalue weighted by Gasteiger charge is 2.07. The van der Waals surface area contributed by atoms with Crippen molar-refractivity contribution in [3.8, 4) is 6.07 Å². The molecule has 0 saturated heterocycles. The Balaban J connectivity index is 2.66. The van der Waals surface area contributed by atoms with Gasteiger partial charge in [0, 0.05) is 19.4 Å². The van der Waals surface area contributed by atoms with Crippen LogP contribution in [0.5, 0.6) is 0 Å². The number of benzene rings is 1. The Kier molecular flexibility index (Phi) is 2.78. The van der Waals surface area contributed by atoms with Gasteiger partial charge in [0.2, 0.25) is 0 Å². The van der Waals surface area contributed by atoms with Gasteiger partial charge in [-0.2, -0.15) is 5.26 Å². The molecule has 0 spiro atoms. The van der Waals surface area contributed by atoms with E-state index in [9.17, 15) is 0 Å². The largest absolute Gasteiger partial charge is 0.198 e. The lowest BCUT2D eigenvalue weighted by molar-refractivity contribution is 1.32. The van der Waals surface area contributed by atoms with Crippen molar-refractivity contribution in [3.63, 3.8) is 0 Å². The third kappa shape index (κ3) is 1.66. The molecule has 0 atom stereocenters. The van der Waals surface area contributed by atoms with E-state index in [1.165, 1.54) is 0 Å². The number of hydrogen-bond acceptors (Lipinski definition) is 2. The van der Waals surface area contributed by atoms with Crippen LogP contribution in [0.3, 0.4) is 0 Å². The van der Waals surface area contributed by atoms with E-state index in [0.717, 1.165) is 19.4 Å². The van der Waals surface area contributed by atoms with Gasteiger partial charge in [-0.25, -0.2) is 0 Å². The summed E-state index contributed by atoms with van der Waals surface area (Å²) in [6.07, 6.45) is 0.462. The van der Waals surface area contributed by atoms with Crippen molar-refractivity contribution in [1.29, 1.82) is 5.26 Å². The number of nitriles is 1. The second kappa shape index (κ2) is 3.90. The first-order valence-corrected chi connectivity index (χ1v) is 5.94. The molecule has 0 saturated carbocycles. The fraction of sp³-hybridized carbons (Fsp3) is 0.100. The molecule has 0 aliphatic carbocycles. The van der Waals surface area contributed by atoms with E-state index in [1.54, 1.807) is 11.3 Å². The molecule has 4 heteroatoms. The molecule has 14 heavy (non-hydrogen) atoms. The molecule has 2 aromatic rings.